The molecule has 0 fully saturated rings. The van der Waals surface area contributed by atoms with Crippen molar-refractivity contribution in [2.24, 2.45) is 11.7 Å². The van der Waals surface area contributed by atoms with Gasteiger partial charge in [-0.2, -0.15) is 0 Å². The monoisotopic (exact) mass is 641 g/mol. The number of benzene rings is 1. The highest BCUT2D eigenvalue weighted by atomic mass is 79.9. The molecule has 1 aliphatic carbocycles. The van der Waals surface area contributed by atoms with Gasteiger partial charge in [0.15, 0.2) is 0 Å². The minimum atomic E-state index is -0.481. The lowest BCUT2D eigenvalue weighted by molar-refractivity contribution is 0.199. The predicted octanol–water partition coefficient (Wildman–Crippen LogP) is 7.95. The predicted molar refractivity (Wildman–Crippen MR) is 167 cm³/mol. The molecule has 37 heavy (non-hydrogen) atoms. The number of nitrogens with one attached hydrogen (secondary N) is 1. The van der Waals surface area contributed by atoms with Crippen LogP contribution in [0.2, 0.25) is 6.80 Å². The van der Waals surface area contributed by atoms with Gasteiger partial charge in [0, 0.05) is 30.1 Å². The number of nitrogens with two attached hydrogens (primary N) is 1. The van der Waals surface area contributed by atoms with E-state index in [0.29, 0.717) is 17.9 Å². The van der Waals surface area contributed by atoms with Gasteiger partial charge < -0.3 is 20.9 Å². The summed E-state index contributed by atoms with van der Waals surface area (Å²) in [6, 6.07) is 3.77. The van der Waals surface area contributed by atoms with Crippen molar-refractivity contribution in [1.29, 1.82) is 0 Å². The molecular weight excluding hydrogens is 595 g/mol. The Balaban J connectivity index is 0.00000150. The van der Waals surface area contributed by atoms with Crippen LogP contribution in [0.15, 0.2) is 35.9 Å². The number of carbonyl (C=O) groups is 1. The molecule has 8 heteroatoms. The Kier molecular flexibility index (Phi) is 19.8. The highest BCUT2D eigenvalue weighted by molar-refractivity contribution is 9.09. The number of hydrogen-bond donors (Lipinski definition) is 3. The number of hydrogen-bond acceptors (Lipinski definition) is 4. The molecule has 2 radical (unpaired) electrons. The largest absolute Gasteiger partial charge is 0.507 e. The maximum atomic E-state index is 12.4. The fourth-order valence-corrected chi connectivity index (χ4v) is 4.79. The number of alkyl halides is 2. The molecule has 0 saturated heterocycles. The number of aromatic hydroxyl groups is 1. The molecule has 0 aliphatic heterocycles. The van der Waals surface area contributed by atoms with E-state index in [2.05, 4.69) is 71.5 Å². The van der Waals surface area contributed by atoms with Crippen molar-refractivity contribution in [1.82, 2.24) is 5.32 Å². The molecule has 1 aromatic rings. The van der Waals surface area contributed by atoms with Crippen LogP contribution in [0.4, 0.5) is 4.79 Å². The summed E-state index contributed by atoms with van der Waals surface area (Å²) < 4.78 is 11.7. The van der Waals surface area contributed by atoms with E-state index in [4.69, 9.17) is 11.8 Å². The number of ether oxygens (including phenoxy) is 1. The Morgan fingerprint density at radius 2 is 1.97 bits per heavy atom. The maximum Gasteiger partial charge on any atom is 0.412 e. The molecular formula is C29H47BBr2N2O3. The third-order valence-electron chi connectivity index (χ3n) is 6.08. The Labute approximate surface area is 245 Å². The lowest BCUT2D eigenvalue weighted by atomic mass is 9.73. The summed E-state index contributed by atoms with van der Waals surface area (Å²) in [5.74, 6) is 0.824. The van der Waals surface area contributed by atoms with E-state index in [9.17, 15) is 9.90 Å². The quantitative estimate of drug-likeness (QED) is 0.0935. The lowest BCUT2D eigenvalue weighted by Gasteiger charge is -2.32. The number of unbranched alkanes of at least 4 members (excludes halogenated alkanes) is 2. The summed E-state index contributed by atoms with van der Waals surface area (Å²) in [5.41, 5.74) is 9.17. The second-order valence-electron chi connectivity index (χ2n) is 9.20. The van der Waals surface area contributed by atoms with Crippen LogP contribution >= 0.6 is 31.9 Å². The summed E-state index contributed by atoms with van der Waals surface area (Å²) in [5, 5.41) is 15.7. The molecule has 1 aromatic carbocycles. The van der Waals surface area contributed by atoms with Crippen molar-refractivity contribution in [3.8, 4) is 11.5 Å². The van der Waals surface area contributed by atoms with Crippen LogP contribution < -0.4 is 15.8 Å². The second kappa shape index (κ2) is 21.7. The molecule has 1 aliphatic rings. The number of carbonyl (C=O) groups excluding carboxylic acids is 1. The van der Waals surface area contributed by atoms with Crippen LogP contribution in [-0.2, 0) is 6.42 Å². The van der Waals surface area contributed by atoms with E-state index in [-0.39, 0.29) is 24.4 Å². The first kappa shape index (κ1) is 33.8. The zero-order valence-corrected chi connectivity index (χ0v) is 26.1. The Hall–Kier alpha value is -1.25. The van der Waals surface area contributed by atoms with E-state index in [1.165, 1.54) is 5.57 Å². The van der Waals surface area contributed by atoms with Gasteiger partial charge in [-0.25, -0.2) is 4.79 Å². The van der Waals surface area contributed by atoms with Crippen LogP contribution in [-0.4, -0.2) is 42.8 Å². The van der Waals surface area contributed by atoms with Gasteiger partial charge in [0.2, 0.25) is 0 Å². The van der Waals surface area contributed by atoms with E-state index in [1.54, 1.807) is 0 Å². The first-order valence-corrected chi connectivity index (χ1v) is 15.4. The molecule has 4 N–H and O–H groups in total. The lowest BCUT2D eigenvalue weighted by Crippen LogP contribution is -2.28. The Morgan fingerprint density at radius 3 is 2.51 bits per heavy atom. The van der Waals surface area contributed by atoms with Crippen molar-refractivity contribution in [2.75, 3.05) is 23.7 Å². The number of phenolic OH excluding ortho intramolecular Hbond substituents is 1. The van der Waals surface area contributed by atoms with Crippen LogP contribution in [0.25, 0.3) is 0 Å². The van der Waals surface area contributed by atoms with Crippen LogP contribution in [0.5, 0.6) is 11.5 Å². The van der Waals surface area contributed by atoms with E-state index < -0.39 is 6.09 Å². The second-order valence-corrected chi connectivity index (χ2v) is 10.8. The summed E-state index contributed by atoms with van der Waals surface area (Å²) in [6.07, 6.45) is 9.80. The molecule has 0 heterocycles. The molecule has 5 nitrogen and oxygen atoms in total. The van der Waals surface area contributed by atoms with Crippen molar-refractivity contribution in [3.05, 3.63) is 47.1 Å². The standard InChI is InChI=1S/C25H36BrNO3.C3H8BrN.CH3B/c1-5-6-7-9-19-15-22(28)24(21-14-18(4)10-11-20(21)17(2)3)23(16-19)30-25(29)27-13-8-12-26;4-2-1-3-5;1-2/h14-16,20-21,28H,2,5-13H2,1,3-4H3,(H,27,29);1-3,5H2;1H3/t20-,21+;;/m0../s1/i;;1D. The van der Waals surface area contributed by atoms with Gasteiger partial charge in [-0.15, -0.1) is 0 Å². The maximum absolute atomic E-state index is 12.4. The number of halogens is 2. The minimum absolute atomic E-state index is 0. The van der Waals surface area contributed by atoms with Crippen molar-refractivity contribution in [2.45, 2.75) is 84.9 Å². The highest BCUT2D eigenvalue weighted by Crippen LogP contribution is 2.47. The SMILES string of the molecule is C=C(C)[C@@H]1CCC(C)=C[C@H]1c1c(O)cc(CCCCC)cc1OC(=O)NCCCBr.NCCCBr.[2H]C[B]. The highest BCUT2D eigenvalue weighted by Gasteiger charge is 2.31. The Bertz CT molecular complexity index is 853. The molecule has 0 unspecified atom stereocenters. The van der Waals surface area contributed by atoms with E-state index in [0.717, 1.165) is 79.7 Å². The smallest absolute Gasteiger partial charge is 0.412 e. The number of allylic oxidation sites excluding steroid dienone is 3. The van der Waals surface area contributed by atoms with Crippen molar-refractivity contribution in [3.63, 3.8) is 0 Å². The van der Waals surface area contributed by atoms with Crippen LogP contribution in [0.1, 0.15) is 84.1 Å². The third-order valence-corrected chi connectivity index (χ3v) is 7.20. The third kappa shape index (κ3) is 13.9. The number of aryl methyl sites for hydroxylation is 1. The molecule has 2 atom stereocenters. The summed E-state index contributed by atoms with van der Waals surface area (Å²) in [4.78, 5) is 12.4. The summed E-state index contributed by atoms with van der Waals surface area (Å²) >= 11 is 6.59. The topological polar surface area (TPSA) is 84.6 Å². The molecule has 0 spiro atoms. The van der Waals surface area contributed by atoms with Gasteiger partial charge >= 0.3 is 6.09 Å². The van der Waals surface area contributed by atoms with Gasteiger partial charge in [0.05, 0.1) is 7.85 Å². The van der Waals surface area contributed by atoms with Crippen LogP contribution in [0, 0.1) is 5.92 Å². The molecule has 0 bridgehead atoms. The summed E-state index contributed by atoms with van der Waals surface area (Å²) in [7, 11) is 4.51. The van der Waals surface area contributed by atoms with Gasteiger partial charge in [-0.05, 0) is 82.5 Å². The zero-order valence-electron chi connectivity index (χ0n) is 24.0. The summed E-state index contributed by atoms with van der Waals surface area (Å²) in [6.45, 7) is 11.8. The molecule has 208 valence electrons. The molecule has 0 saturated carbocycles. The fourth-order valence-electron chi connectivity index (χ4n) is 4.19. The number of phenols is 1. The van der Waals surface area contributed by atoms with Crippen LogP contribution in [0.3, 0.4) is 0 Å². The normalized spacial score (nSPS) is 16.7. The Morgan fingerprint density at radius 1 is 1.30 bits per heavy atom. The zero-order chi connectivity index (χ0) is 28.9. The average molecular weight is 643 g/mol. The first-order valence-electron chi connectivity index (χ1n) is 13.9. The van der Waals surface area contributed by atoms with Gasteiger partial charge in [0.1, 0.15) is 11.5 Å². The van der Waals surface area contributed by atoms with Crippen molar-refractivity contribution >= 4 is 45.8 Å². The van der Waals surface area contributed by atoms with Gasteiger partial charge in [0.25, 0.3) is 0 Å². The minimum Gasteiger partial charge on any atom is -0.507 e. The first-order chi connectivity index (χ1) is 18.2. The number of rotatable bonds is 12. The fraction of sp³-hybridized carbons (Fsp3) is 0.621. The van der Waals surface area contributed by atoms with Gasteiger partial charge in [-0.1, -0.05) is 82.2 Å². The van der Waals surface area contributed by atoms with E-state index in [1.807, 2.05) is 19.1 Å². The molecule has 1 amide bonds. The van der Waals surface area contributed by atoms with Crippen molar-refractivity contribution < 1.29 is 16.0 Å². The molecule has 2 rings (SSSR count). The average Bonchev–Trinajstić information content (AvgIpc) is 2.85. The molecule has 0 aromatic heterocycles. The van der Waals surface area contributed by atoms with Gasteiger partial charge in [-0.3, -0.25) is 0 Å². The van der Waals surface area contributed by atoms with E-state index >= 15 is 0 Å². The number of amides is 1.